The lowest BCUT2D eigenvalue weighted by Gasteiger charge is -2.35. The first-order valence-corrected chi connectivity index (χ1v) is 9.99. The molecular weight excluding hydrogens is 364 g/mol. The van der Waals surface area contributed by atoms with E-state index in [0.29, 0.717) is 6.61 Å². The van der Waals surface area contributed by atoms with Crippen LogP contribution in [0.4, 0.5) is 5.82 Å². The topological polar surface area (TPSA) is 59.3 Å². The van der Waals surface area contributed by atoms with E-state index < -0.39 is 0 Å². The Kier molecular flexibility index (Phi) is 5.87. The standard InChI is InChI=1S/C22H28N6O/c1-17-20(14-26(2)25-17)15-27-10-12-28(13-11-27)22-21(23-8-9-24-22)19-6-4-18(5-7-19)16-29-3/h4-9,14H,10-13,15-16H2,1-3H3. The van der Waals surface area contributed by atoms with Crippen molar-refractivity contribution in [2.75, 3.05) is 38.2 Å². The quantitative estimate of drug-likeness (QED) is 0.643. The predicted molar refractivity (Wildman–Crippen MR) is 114 cm³/mol. The molecule has 0 aliphatic carbocycles. The van der Waals surface area contributed by atoms with Gasteiger partial charge in [0.25, 0.3) is 0 Å². The molecule has 3 heterocycles. The third-order valence-electron chi connectivity index (χ3n) is 5.40. The van der Waals surface area contributed by atoms with Gasteiger partial charge < -0.3 is 9.64 Å². The summed E-state index contributed by atoms with van der Waals surface area (Å²) in [6.07, 6.45) is 5.67. The van der Waals surface area contributed by atoms with Gasteiger partial charge in [0.05, 0.1) is 12.3 Å². The normalized spacial score (nSPS) is 15.1. The zero-order valence-electron chi connectivity index (χ0n) is 17.4. The Morgan fingerprint density at radius 1 is 1.00 bits per heavy atom. The fourth-order valence-electron chi connectivity index (χ4n) is 3.85. The zero-order valence-corrected chi connectivity index (χ0v) is 17.4. The van der Waals surface area contributed by atoms with Crippen LogP contribution in [0.2, 0.25) is 0 Å². The van der Waals surface area contributed by atoms with Crippen molar-refractivity contribution in [2.24, 2.45) is 7.05 Å². The molecule has 7 heteroatoms. The van der Waals surface area contributed by atoms with Gasteiger partial charge in [-0.2, -0.15) is 5.10 Å². The lowest BCUT2D eigenvalue weighted by atomic mass is 10.1. The maximum Gasteiger partial charge on any atom is 0.155 e. The molecule has 0 spiro atoms. The summed E-state index contributed by atoms with van der Waals surface area (Å²) < 4.78 is 7.10. The van der Waals surface area contributed by atoms with Gasteiger partial charge >= 0.3 is 0 Å². The van der Waals surface area contributed by atoms with Crippen molar-refractivity contribution >= 4 is 5.82 Å². The van der Waals surface area contributed by atoms with E-state index >= 15 is 0 Å². The lowest BCUT2D eigenvalue weighted by molar-refractivity contribution is 0.185. The van der Waals surface area contributed by atoms with E-state index in [4.69, 9.17) is 4.74 Å². The monoisotopic (exact) mass is 392 g/mol. The molecule has 4 rings (SSSR count). The first-order valence-electron chi connectivity index (χ1n) is 9.99. The van der Waals surface area contributed by atoms with Crippen molar-refractivity contribution in [3.8, 4) is 11.3 Å². The molecule has 152 valence electrons. The Morgan fingerprint density at radius 2 is 1.72 bits per heavy atom. The fraction of sp³-hybridized carbons (Fsp3) is 0.409. The van der Waals surface area contributed by atoms with Gasteiger partial charge in [-0.3, -0.25) is 14.6 Å². The van der Waals surface area contributed by atoms with Crippen LogP contribution in [0.1, 0.15) is 16.8 Å². The Balaban J connectivity index is 1.45. The average molecular weight is 393 g/mol. The van der Waals surface area contributed by atoms with E-state index in [-0.39, 0.29) is 0 Å². The van der Waals surface area contributed by atoms with Crippen LogP contribution in [0, 0.1) is 6.92 Å². The molecule has 2 aromatic heterocycles. The zero-order chi connectivity index (χ0) is 20.2. The van der Waals surface area contributed by atoms with Crippen molar-refractivity contribution in [3.05, 3.63) is 59.7 Å². The van der Waals surface area contributed by atoms with Crippen molar-refractivity contribution in [1.29, 1.82) is 0 Å². The highest BCUT2D eigenvalue weighted by Gasteiger charge is 2.22. The Hall–Kier alpha value is -2.77. The van der Waals surface area contributed by atoms with E-state index in [1.54, 1.807) is 19.5 Å². The minimum Gasteiger partial charge on any atom is -0.380 e. The number of hydrogen-bond donors (Lipinski definition) is 0. The van der Waals surface area contributed by atoms with Crippen LogP contribution < -0.4 is 4.90 Å². The summed E-state index contributed by atoms with van der Waals surface area (Å²) in [6.45, 7) is 7.51. The number of nitrogens with zero attached hydrogens (tertiary/aromatic N) is 6. The minimum atomic E-state index is 0.617. The van der Waals surface area contributed by atoms with Crippen LogP contribution in [-0.2, 0) is 24.9 Å². The summed E-state index contributed by atoms with van der Waals surface area (Å²) in [6, 6.07) is 8.38. The largest absolute Gasteiger partial charge is 0.380 e. The van der Waals surface area contributed by atoms with Gasteiger partial charge in [0.1, 0.15) is 5.69 Å². The highest BCUT2D eigenvalue weighted by molar-refractivity contribution is 5.72. The van der Waals surface area contributed by atoms with Crippen molar-refractivity contribution < 1.29 is 4.74 Å². The minimum absolute atomic E-state index is 0.617. The van der Waals surface area contributed by atoms with Gasteiger partial charge in [-0.1, -0.05) is 24.3 Å². The molecule has 0 N–H and O–H groups in total. The molecule has 1 fully saturated rings. The smallest absolute Gasteiger partial charge is 0.155 e. The van der Waals surface area contributed by atoms with Gasteiger partial charge in [0, 0.05) is 76.6 Å². The molecule has 0 atom stereocenters. The average Bonchev–Trinajstić information content (AvgIpc) is 3.06. The molecular formula is C22H28N6O. The molecule has 1 saturated heterocycles. The van der Waals surface area contributed by atoms with Gasteiger partial charge in [-0.05, 0) is 12.5 Å². The van der Waals surface area contributed by atoms with Crippen LogP contribution in [-0.4, -0.2) is 57.9 Å². The van der Waals surface area contributed by atoms with Crippen LogP contribution in [0.3, 0.4) is 0 Å². The van der Waals surface area contributed by atoms with Crippen molar-refractivity contribution in [1.82, 2.24) is 24.6 Å². The summed E-state index contributed by atoms with van der Waals surface area (Å²) in [5.74, 6) is 0.962. The second-order valence-electron chi connectivity index (χ2n) is 7.54. The predicted octanol–water partition coefficient (Wildman–Crippen LogP) is 2.65. The van der Waals surface area contributed by atoms with Crippen molar-refractivity contribution in [2.45, 2.75) is 20.1 Å². The number of benzene rings is 1. The number of anilines is 1. The third-order valence-corrected chi connectivity index (χ3v) is 5.40. The van der Waals surface area contributed by atoms with Crippen LogP contribution in [0.25, 0.3) is 11.3 Å². The molecule has 0 saturated carbocycles. The second kappa shape index (κ2) is 8.71. The number of ether oxygens (including phenoxy) is 1. The number of aromatic nitrogens is 4. The third kappa shape index (κ3) is 4.46. The summed E-state index contributed by atoms with van der Waals surface area (Å²) >= 11 is 0. The van der Waals surface area contributed by atoms with E-state index in [0.717, 1.165) is 61.1 Å². The lowest BCUT2D eigenvalue weighted by Crippen LogP contribution is -2.46. The molecule has 29 heavy (non-hydrogen) atoms. The van der Waals surface area contributed by atoms with E-state index in [1.807, 2.05) is 11.7 Å². The number of hydrogen-bond acceptors (Lipinski definition) is 6. The summed E-state index contributed by atoms with van der Waals surface area (Å²) in [7, 11) is 3.69. The Labute approximate surface area is 172 Å². The van der Waals surface area contributed by atoms with Crippen LogP contribution in [0.15, 0.2) is 42.9 Å². The molecule has 0 amide bonds. The number of rotatable bonds is 6. The van der Waals surface area contributed by atoms with E-state index in [9.17, 15) is 0 Å². The molecule has 0 radical (unpaired) electrons. The molecule has 3 aromatic rings. The van der Waals surface area contributed by atoms with E-state index in [2.05, 4.69) is 62.3 Å². The maximum absolute atomic E-state index is 5.21. The summed E-state index contributed by atoms with van der Waals surface area (Å²) in [4.78, 5) is 14.1. The van der Waals surface area contributed by atoms with Crippen LogP contribution in [0.5, 0.6) is 0 Å². The SMILES string of the molecule is COCc1ccc(-c2nccnc2N2CCN(Cc3cn(C)nc3C)CC2)cc1. The first kappa shape index (κ1) is 19.5. The highest BCUT2D eigenvalue weighted by atomic mass is 16.5. The van der Waals surface area contributed by atoms with Gasteiger partial charge in [-0.25, -0.2) is 4.98 Å². The molecule has 0 bridgehead atoms. The number of piperazine rings is 1. The Bertz CT molecular complexity index is 944. The van der Waals surface area contributed by atoms with Crippen molar-refractivity contribution in [3.63, 3.8) is 0 Å². The molecule has 7 nitrogen and oxygen atoms in total. The molecule has 1 aromatic carbocycles. The van der Waals surface area contributed by atoms with E-state index in [1.165, 1.54) is 5.56 Å². The molecule has 1 aliphatic heterocycles. The van der Waals surface area contributed by atoms with Gasteiger partial charge in [-0.15, -0.1) is 0 Å². The number of aryl methyl sites for hydroxylation is 2. The first-order chi connectivity index (χ1) is 14.1. The molecule has 0 unspecified atom stereocenters. The van der Waals surface area contributed by atoms with Gasteiger partial charge in [0.2, 0.25) is 0 Å². The highest BCUT2D eigenvalue weighted by Crippen LogP contribution is 2.28. The number of methoxy groups -OCH3 is 1. The molecule has 1 aliphatic rings. The maximum atomic E-state index is 5.21. The Morgan fingerprint density at radius 3 is 2.38 bits per heavy atom. The summed E-state index contributed by atoms with van der Waals surface area (Å²) in [5, 5.41) is 4.46. The second-order valence-corrected chi connectivity index (χ2v) is 7.54. The van der Waals surface area contributed by atoms with Crippen LogP contribution >= 0.6 is 0 Å². The fourth-order valence-corrected chi connectivity index (χ4v) is 3.85. The summed E-state index contributed by atoms with van der Waals surface area (Å²) in [5.41, 5.74) is 5.59. The van der Waals surface area contributed by atoms with Gasteiger partial charge in [0.15, 0.2) is 5.82 Å².